The van der Waals surface area contributed by atoms with Crippen LogP contribution in [-0.4, -0.2) is 36.9 Å². The van der Waals surface area contributed by atoms with E-state index in [0.29, 0.717) is 23.7 Å². The third-order valence-corrected chi connectivity index (χ3v) is 7.22. The molecule has 1 aromatic heterocycles. The van der Waals surface area contributed by atoms with Crippen LogP contribution in [-0.2, 0) is 10.0 Å². The normalized spacial score (nSPS) is 22.1. The number of amidine groups is 1. The van der Waals surface area contributed by atoms with Crippen LogP contribution in [0.15, 0.2) is 15.4 Å². The van der Waals surface area contributed by atoms with Crippen LogP contribution in [0.1, 0.15) is 18.4 Å². The zero-order chi connectivity index (χ0) is 14.9. The van der Waals surface area contributed by atoms with Gasteiger partial charge in [-0.05, 0) is 31.4 Å². The van der Waals surface area contributed by atoms with Crippen LogP contribution in [0, 0.1) is 12.8 Å². The minimum absolute atomic E-state index is 0.0743. The highest BCUT2D eigenvalue weighted by Gasteiger charge is 2.33. The lowest BCUT2D eigenvalue weighted by molar-refractivity contribution is 0.287. The Kier molecular flexibility index (Phi) is 4.58. The number of hydrogen-bond donors (Lipinski definition) is 2. The van der Waals surface area contributed by atoms with Gasteiger partial charge in [0, 0.05) is 19.0 Å². The zero-order valence-corrected chi connectivity index (χ0v) is 13.3. The first kappa shape index (κ1) is 15.6. The minimum Gasteiger partial charge on any atom is -0.409 e. The van der Waals surface area contributed by atoms with Gasteiger partial charge in [0.25, 0.3) is 10.0 Å². The fourth-order valence-corrected chi connectivity index (χ4v) is 5.56. The number of piperidine rings is 1. The maximum absolute atomic E-state index is 12.5. The molecule has 2 heterocycles. The predicted molar refractivity (Wildman–Crippen MR) is 79.0 cm³/mol. The van der Waals surface area contributed by atoms with E-state index in [2.05, 4.69) is 5.16 Å². The highest BCUT2D eigenvalue weighted by atomic mass is 35.5. The molecule has 1 saturated heterocycles. The molecule has 0 spiro atoms. The van der Waals surface area contributed by atoms with E-state index in [0.717, 1.165) is 16.9 Å². The number of nitrogens with zero attached hydrogens (tertiary/aromatic N) is 2. The van der Waals surface area contributed by atoms with Gasteiger partial charge in [0.2, 0.25) is 0 Å². The number of hydrogen-bond acceptors (Lipinski definition) is 5. The van der Waals surface area contributed by atoms with E-state index in [1.54, 1.807) is 13.0 Å². The lowest BCUT2D eigenvalue weighted by Gasteiger charge is -2.30. The van der Waals surface area contributed by atoms with Crippen molar-refractivity contribution in [2.75, 3.05) is 13.1 Å². The van der Waals surface area contributed by atoms with E-state index >= 15 is 0 Å². The van der Waals surface area contributed by atoms with Gasteiger partial charge in [-0.1, -0.05) is 16.8 Å². The molecular formula is C11H16ClN3O3S2. The molecule has 1 fully saturated rings. The topological polar surface area (TPSA) is 96.0 Å². The Bertz CT molecular complexity index is 607. The predicted octanol–water partition coefficient (Wildman–Crippen LogP) is 1.86. The molecule has 1 unspecified atom stereocenters. The molecule has 0 bridgehead atoms. The van der Waals surface area contributed by atoms with Crippen LogP contribution >= 0.6 is 22.9 Å². The highest BCUT2D eigenvalue weighted by Crippen LogP contribution is 2.33. The van der Waals surface area contributed by atoms with Crippen molar-refractivity contribution in [3.8, 4) is 0 Å². The van der Waals surface area contributed by atoms with Gasteiger partial charge in [-0.25, -0.2) is 8.42 Å². The quantitative estimate of drug-likeness (QED) is 0.381. The fraction of sp³-hybridized carbons (Fsp3) is 0.545. The summed E-state index contributed by atoms with van der Waals surface area (Å²) in [5.74, 6) is -0.176. The number of oxime groups is 1. The zero-order valence-electron chi connectivity index (χ0n) is 10.9. The summed E-state index contributed by atoms with van der Waals surface area (Å²) in [6.07, 6.45) is 1.39. The molecule has 0 aromatic carbocycles. The molecule has 112 valence electrons. The third-order valence-electron chi connectivity index (χ3n) is 3.35. The van der Waals surface area contributed by atoms with Crippen molar-refractivity contribution in [1.29, 1.82) is 0 Å². The van der Waals surface area contributed by atoms with E-state index in [4.69, 9.17) is 22.5 Å². The first-order valence-corrected chi connectivity index (χ1v) is 8.73. The molecule has 1 aliphatic rings. The Morgan fingerprint density at radius 2 is 2.35 bits per heavy atom. The molecule has 0 saturated carbocycles. The first-order valence-electron chi connectivity index (χ1n) is 6.09. The number of sulfonamides is 1. The average Bonchev–Trinajstić information content (AvgIpc) is 2.78. The van der Waals surface area contributed by atoms with Crippen LogP contribution in [0.2, 0.25) is 4.34 Å². The standard InChI is InChI=1S/C11H16ClN3O3S2/c1-7-5-9(19-10(7)12)20(17,18)15-4-2-3-8(6-15)11(13)14-16/h5,8,16H,2-4,6H2,1H3,(H2,13,14). The van der Waals surface area contributed by atoms with Gasteiger partial charge in [-0.3, -0.25) is 0 Å². The molecule has 1 atom stereocenters. The van der Waals surface area contributed by atoms with Crippen LogP contribution < -0.4 is 5.73 Å². The molecule has 0 aliphatic carbocycles. The molecule has 9 heteroatoms. The van der Waals surface area contributed by atoms with Crippen molar-refractivity contribution >= 4 is 38.8 Å². The number of rotatable bonds is 3. The summed E-state index contributed by atoms with van der Waals surface area (Å²) < 4.78 is 27.2. The van der Waals surface area contributed by atoms with Crippen molar-refractivity contribution in [2.24, 2.45) is 16.8 Å². The van der Waals surface area contributed by atoms with Crippen LogP contribution in [0.3, 0.4) is 0 Å². The van der Waals surface area contributed by atoms with Crippen LogP contribution in [0.4, 0.5) is 0 Å². The molecule has 6 nitrogen and oxygen atoms in total. The molecule has 1 aromatic rings. The smallest absolute Gasteiger partial charge is 0.252 e. The summed E-state index contributed by atoms with van der Waals surface area (Å²) in [6, 6.07) is 1.58. The molecule has 1 aliphatic heterocycles. The van der Waals surface area contributed by atoms with Crippen molar-refractivity contribution in [3.05, 3.63) is 16.0 Å². The maximum atomic E-state index is 12.5. The Balaban J connectivity index is 2.25. The molecule has 3 N–H and O–H groups in total. The van der Waals surface area contributed by atoms with E-state index in [-0.39, 0.29) is 22.5 Å². The number of aryl methyl sites for hydroxylation is 1. The average molecular weight is 338 g/mol. The summed E-state index contributed by atoms with van der Waals surface area (Å²) in [6.45, 7) is 2.44. The highest BCUT2D eigenvalue weighted by molar-refractivity contribution is 7.91. The molecular weight excluding hydrogens is 322 g/mol. The monoisotopic (exact) mass is 337 g/mol. The second-order valence-corrected chi connectivity index (χ2v) is 8.57. The van der Waals surface area contributed by atoms with Crippen molar-refractivity contribution in [2.45, 2.75) is 24.0 Å². The Morgan fingerprint density at radius 3 is 2.90 bits per heavy atom. The number of halogens is 1. The summed E-state index contributed by atoms with van der Waals surface area (Å²) >= 11 is 6.99. The molecule has 2 rings (SSSR count). The maximum Gasteiger partial charge on any atom is 0.252 e. The van der Waals surface area contributed by atoms with Gasteiger partial charge in [0.05, 0.1) is 4.34 Å². The van der Waals surface area contributed by atoms with Gasteiger partial charge in [-0.15, -0.1) is 11.3 Å². The van der Waals surface area contributed by atoms with E-state index in [1.165, 1.54) is 4.31 Å². The lowest BCUT2D eigenvalue weighted by atomic mass is 9.99. The van der Waals surface area contributed by atoms with Crippen molar-refractivity contribution in [3.63, 3.8) is 0 Å². The lowest BCUT2D eigenvalue weighted by Crippen LogP contribution is -2.43. The molecule has 0 radical (unpaired) electrons. The van der Waals surface area contributed by atoms with E-state index in [1.807, 2.05) is 0 Å². The Labute approximate surface area is 126 Å². The first-order chi connectivity index (χ1) is 9.36. The second kappa shape index (κ2) is 5.88. The largest absolute Gasteiger partial charge is 0.409 e. The molecule has 20 heavy (non-hydrogen) atoms. The fourth-order valence-electron chi connectivity index (χ4n) is 2.17. The van der Waals surface area contributed by atoms with E-state index < -0.39 is 10.0 Å². The van der Waals surface area contributed by atoms with Gasteiger partial charge in [0.15, 0.2) is 0 Å². The second-order valence-electron chi connectivity index (χ2n) is 4.75. The van der Waals surface area contributed by atoms with E-state index in [9.17, 15) is 8.42 Å². The van der Waals surface area contributed by atoms with Gasteiger partial charge in [0.1, 0.15) is 10.0 Å². The molecule has 0 amide bonds. The van der Waals surface area contributed by atoms with Gasteiger partial charge >= 0.3 is 0 Å². The number of nitrogens with two attached hydrogens (primary N) is 1. The summed E-state index contributed by atoms with van der Waals surface area (Å²) in [7, 11) is -3.56. The minimum atomic E-state index is -3.56. The van der Waals surface area contributed by atoms with Gasteiger partial charge in [-0.2, -0.15) is 4.31 Å². The number of thiophene rings is 1. The van der Waals surface area contributed by atoms with Crippen molar-refractivity contribution in [1.82, 2.24) is 4.31 Å². The Morgan fingerprint density at radius 1 is 1.65 bits per heavy atom. The van der Waals surface area contributed by atoms with Crippen molar-refractivity contribution < 1.29 is 13.6 Å². The summed E-state index contributed by atoms with van der Waals surface area (Å²) in [4.78, 5) is 0. The van der Waals surface area contributed by atoms with Crippen LogP contribution in [0.25, 0.3) is 0 Å². The summed E-state index contributed by atoms with van der Waals surface area (Å²) in [5, 5.41) is 11.7. The SMILES string of the molecule is Cc1cc(S(=O)(=O)N2CCCC(/C(N)=N/O)C2)sc1Cl. The Hall–Kier alpha value is -0.830. The third kappa shape index (κ3) is 2.93. The summed E-state index contributed by atoms with van der Waals surface area (Å²) in [5.41, 5.74) is 6.33. The van der Waals surface area contributed by atoms with Gasteiger partial charge < -0.3 is 10.9 Å². The van der Waals surface area contributed by atoms with Crippen LogP contribution in [0.5, 0.6) is 0 Å².